The minimum Gasteiger partial charge on any atom is -0.290 e. The molecule has 0 bridgehead atoms. The summed E-state index contributed by atoms with van der Waals surface area (Å²) in [5.74, 6) is 0. The largest absolute Gasteiger partial charge is 0.290 e. The smallest absolute Gasteiger partial charge is 0.0601 e. The van der Waals surface area contributed by atoms with Gasteiger partial charge in [-0.3, -0.25) is 10.0 Å². The highest BCUT2D eigenvalue weighted by Gasteiger charge is 2.13. The fraction of sp³-hybridized carbons (Fsp3) is 1.00. The molecule has 0 aromatic carbocycles. The first kappa shape index (κ1) is 12.9. The predicted molar refractivity (Wildman–Crippen MR) is 53.4 cm³/mol. The number of rotatable bonds is 7. The number of hydrogen-bond donors (Lipinski definition) is 1. The highest BCUT2D eigenvalue weighted by molar-refractivity contribution is 4.65. The molecule has 0 aromatic rings. The summed E-state index contributed by atoms with van der Waals surface area (Å²) in [6.45, 7) is 7.36. The molecule has 0 aromatic heterocycles. The van der Waals surface area contributed by atoms with Crippen molar-refractivity contribution in [3.8, 4) is 0 Å². The standard InChI is InChI=1S/C10H23NO2/c1-5-10(2,3)8-6-7-9-11(12)13-4/h12H,5-9H2,1-4H3. The molecule has 0 unspecified atom stereocenters. The van der Waals surface area contributed by atoms with Gasteiger partial charge in [-0.15, -0.1) is 0 Å². The van der Waals surface area contributed by atoms with Crippen LogP contribution in [0, 0.1) is 5.41 Å². The summed E-state index contributed by atoms with van der Waals surface area (Å²) in [4.78, 5) is 4.60. The number of nitrogens with zero attached hydrogens (tertiary/aromatic N) is 1. The Hall–Kier alpha value is -0.120. The van der Waals surface area contributed by atoms with Gasteiger partial charge in [0.05, 0.1) is 13.7 Å². The third kappa shape index (κ3) is 6.99. The van der Waals surface area contributed by atoms with Crippen molar-refractivity contribution in [1.29, 1.82) is 0 Å². The molecule has 1 N–H and O–H groups in total. The molecule has 13 heavy (non-hydrogen) atoms. The van der Waals surface area contributed by atoms with Crippen molar-refractivity contribution in [2.24, 2.45) is 5.41 Å². The first-order valence-corrected chi connectivity index (χ1v) is 5.02. The molecule has 80 valence electrons. The summed E-state index contributed by atoms with van der Waals surface area (Å²) in [6.07, 6.45) is 4.54. The van der Waals surface area contributed by atoms with Gasteiger partial charge in [-0.25, -0.2) is 0 Å². The molecule has 0 radical (unpaired) electrons. The van der Waals surface area contributed by atoms with Gasteiger partial charge in [0.1, 0.15) is 0 Å². The van der Waals surface area contributed by atoms with Crippen molar-refractivity contribution in [1.82, 2.24) is 5.23 Å². The van der Waals surface area contributed by atoms with Gasteiger partial charge in [0.25, 0.3) is 0 Å². The van der Waals surface area contributed by atoms with Crippen LogP contribution in [0.5, 0.6) is 0 Å². The number of hydroxylamine groups is 2. The third-order valence-electron chi connectivity index (χ3n) is 2.62. The van der Waals surface area contributed by atoms with E-state index in [-0.39, 0.29) is 0 Å². The Balaban J connectivity index is 3.35. The molecule has 0 spiro atoms. The van der Waals surface area contributed by atoms with E-state index in [0.29, 0.717) is 12.0 Å². The Bertz CT molecular complexity index is 126. The van der Waals surface area contributed by atoms with Gasteiger partial charge in [0.2, 0.25) is 0 Å². The van der Waals surface area contributed by atoms with E-state index in [0.717, 1.165) is 18.1 Å². The van der Waals surface area contributed by atoms with E-state index in [1.54, 1.807) is 0 Å². The van der Waals surface area contributed by atoms with E-state index in [2.05, 4.69) is 25.6 Å². The van der Waals surface area contributed by atoms with Gasteiger partial charge in [0, 0.05) is 0 Å². The van der Waals surface area contributed by atoms with E-state index in [1.807, 2.05) is 0 Å². The van der Waals surface area contributed by atoms with Crippen LogP contribution in [0.1, 0.15) is 46.5 Å². The molecule has 0 rings (SSSR count). The average Bonchev–Trinajstić information content (AvgIpc) is 2.12. The highest BCUT2D eigenvalue weighted by atomic mass is 16.9. The molecule has 0 aliphatic rings. The molecular weight excluding hydrogens is 166 g/mol. The summed E-state index contributed by atoms with van der Waals surface area (Å²) in [5.41, 5.74) is 0.438. The molecule has 3 nitrogen and oxygen atoms in total. The maximum absolute atomic E-state index is 8.96. The van der Waals surface area contributed by atoms with Crippen LogP contribution in [0.4, 0.5) is 0 Å². The molecule has 0 atom stereocenters. The van der Waals surface area contributed by atoms with Crippen LogP contribution < -0.4 is 0 Å². The third-order valence-corrected chi connectivity index (χ3v) is 2.62. The van der Waals surface area contributed by atoms with E-state index in [9.17, 15) is 0 Å². The SMILES string of the molecule is CCC(C)(C)CCCCN(O)OC. The molecule has 0 saturated heterocycles. The maximum Gasteiger partial charge on any atom is 0.0601 e. The van der Waals surface area contributed by atoms with E-state index in [1.165, 1.54) is 20.0 Å². The zero-order chi connectivity index (χ0) is 10.3. The number of hydrogen-bond acceptors (Lipinski definition) is 3. The Kier molecular flexibility index (Phi) is 6.29. The minimum absolute atomic E-state index is 0.438. The van der Waals surface area contributed by atoms with Crippen molar-refractivity contribution >= 4 is 0 Å². The molecule has 0 aliphatic carbocycles. The number of unbranched alkanes of at least 4 members (excludes halogenated alkanes) is 1. The fourth-order valence-electron chi connectivity index (χ4n) is 1.12. The summed E-state index contributed by atoms with van der Waals surface area (Å²) in [5, 5.41) is 9.84. The molecule has 3 heteroatoms. The zero-order valence-electron chi connectivity index (χ0n) is 9.34. The first-order chi connectivity index (χ1) is 6.02. The lowest BCUT2D eigenvalue weighted by Crippen LogP contribution is -2.19. The van der Waals surface area contributed by atoms with Crippen LogP contribution >= 0.6 is 0 Å². The van der Waals surface area contributed by atoms with Crippen LogP contribution in [0.2, 0.25) is 0 Å². The summed E-state index contributed by atoms with van der Waals surface area (Å²) < 4.78 is 0. The Labute approximate surface area is 81.6 Å². The van der Waals surface area contributed by atoms with Gasteiger partial charge >= 0.3 is 0 Å². The Morgan fingerprint density at radius 3 is 2.38 bits per heavy atom. The Morgan fingerprint density at radius 1 is 1.31 bits per heavy atom. The second-order valence-electron chi connectivity index (χ2n) is 4.23. The lowest BCUT2D eigenvalue weighted by Gasteiger charge is -2.22. The van der Waals surface area contributed by atoms with Crippen molar-refractivity contribution in [3.63, 3.8) is 0 Å². The van der Waals surface area contributed by atoms with Crippen molar-refractivity contribution in [2.45, 2.75) is 46.5 Å². The van der Waals surface area contributed by atoms with E-state index >= 15 is 0 Å². The van der Waals surface area contributed by atoms with Crippen molar-refractivity contribution in [3.05, 3.63) is 0 Å². The molecule has 0 fully saturated rings. The zero-order valence-corrected chi connectivity index (χ0v) is 9.34. The molecule has 0 heterocycles. The lowest BCUT2D eigenvalue weighted by molar-refractivity contribution is -0.325. The normalized spacial score (nSPS) is 12.5. The van der Waals surface area contributed by atoms with E-state index in [4.69, 9.17) is 5.21 Å². The van der Waals surface area contributed by atoms with Crippen molar-refractivity contribution < 1.29 is 10.0 Å². The molecule has 0 saturated carbocycles. The summed E-state index contributed by atoms with van der Waals surface area (Å²) >= 11 is 0. The monoisotopic (exact) mass is 189 g/mol. The lowest BCUT2D eigenvalue weighted by atomic mass is 9.85. The summed E-state index contributed by atoms with van der Waals surface area (Å²) in [7, 11) is 1.47. The topological polar surface area (TPSA) is 32.7 Å². The van der Waals surface area contributed by atoms with Gasteiger partial charge in [-0.2, -0.15) is 0 Å². The first-order valence-electron chi connectivity index (χ1n) is 5.02. The van der Waals surface area contributed by atoms with Crippen molar-refractivity contribution in [2.75, 3.05) is 13.7 Å². The van der Waals surface area contributed by atoms with Gasteiger partial charge in [-0.1, -0.05) is 38.8 Å². The highest BCUT2D eigenvalue weighted by Crippen LogP contribution is 2.26. The minimum atomic E-state index is 0.438. The fourth-order valence-corrected chi connectivity index (χ4v) is 1.12. The maximum atomic E-state index is 8.96. The van der Waals surface area contributed by atoms with Gasteiger partial charge in [-0.05, 0) is 18.3 Å². The summed E-state index contributed by atoms with van der Waals surface area (Å²) in [6, 6.07) is 0. The van der Waals surface area contributed by atoms with Crippen LogP contribution in [0.25, 0.3) is 0 Å². The van der Waals surface area contributed by atoms with Crippen LogP contribution in [-0.2, 0) is 4.84 Å². The van der Waals surface area contributed by atoms with Gasteiger partial charge in [0.15, 0.2) is 0 Å². The molecule has 0 aliphatic heterocycles. The Morgan fingerprint density at radius 2 is 1.92 bits per heavy atom. The molecular formula is C10H23NO2. The predicted octanol–water partition coefficient (Wildman–Crippen LogP) is 2.85. The van der Waals surface area contributed by atoms with Crippen LogP contribution in [-0.4, -0.2) is 24.1 Å². The molecule has 0 amide bonds. The van der Waals surface area contributed by atoms with Gasteiger partial charge < -0.3 is 0 Å². The van der Waals surface area contributed by atoms with E-state index < -0.39 is 0 Å². The van der Waals surface area contributed by atoms with Crippen LogP contribution in [0.3, 0.4) is 0 Å². The second kappa shape index (κ2) is 6.35. The average molecular weight is 189 g/mol. The quantitative estimate of drug-likeness (QED) is 0.494. The van der Waals surface area contributed by atoms with Crippen LogP contribution in [0.15, 0.2) is 0 Å². The second-order valence-corrected chi connectivity index (χ2v) is 4.23.